The van der Waals surface area contributed by atoms with Crippen LogP contribution in [0.2, 0.25) is 0 Å². The van der Waals surface area contributed by atoms with E-state index in [0.717, 1.165) is 35.6 Å². The summed E-state index contributed by atoms with van der Waals surface area (Å²) in [4.78, 5) is 2.14. The molecule has 0 fully saturated rings. The molecule has 0 aliphatic heterocycles. The maximum Gasteiger partial charge on any atom is 0.0641 e. The standard InChI is InChI=1S/C11H17BrN2O/c1-3-15-7-6-14(2)11-5-4-9(13)8-10(11)12/h4-5,8H,3,6-7,13H2,1-2H3. The summed E-state index contributed by atoms with van der Waals surface area (Å²) in [5, 5.41) is 0. The molecule has 0 aliphatic rings. The maximum absolute atomic E-state index is 5.68. The molecule has 0 radical (unpaired) electrons. The third kappa shape index (κ3) is 3.72. The molecule has 15 heavy (non-hydrogen) atoms. The quantitative estimate of drug-likeness (QED) is 0.661. The molecule has 0 bridgehead atoms. The molecule has 1 aromatic rings. The molecule has 0 heterocycles. The van der Waals surface area contributed by atoms with Crippen LogP contribution < -0.4 is 10.6 Å². The van der Waals surface area contributed by atoms with E-state index in [1.807, 2.05) is 32.2 Å². The maximum atomic E-state index is 5.68. The third-order valence-electron chi connectivity index (χ3n) is 2.16. The molecule has 2 N–H and O–H groups in total. The number of hydrogen-bond donors (Lipinski definition) is 1. The SMILES string of the molecule is CCOCCN(C)c1ccc(N)cc1Br. The van der Waals surface area contributed by atoms with Gasteiger partial charge in [0.25, 0.3) is 0 Å². The molecule has 0 aliphatic carbocycles. The second-order valence-corrected chi connectivity index (χ2v) is 4.18. The number of likely N-dealkylation sites (N-methyl/N-ethyl adjacent to an activating group) is 1. The van der Waals surface area contributed by atoms with Crippen molar-refractivity contribution in [2.75, 3.05) is 37.4 Å². The topological polar surface area (TPSA) is 38.5 Å². The van der Waals surface area contributed by atoms with Crippen LogP contribution in [-0.2, 0) is 4.74 Å². The molecule has 0 unspecified atom stereocenters. The van der Waals surface area contributed by atoms with Crippen molar-refractivity contribution < 1.29 is 4.74 Å². The predicted molar refractivity (Wildman–Crippen MR) is 68.3 cm³/mol. The molecule has 0 atom stereocenters. The zero-order valence-electron chi connectivity index (χ0n) is 9.16. The lowest BCUT2D eigenvalue weighted by atomic mass is 10.2. The third-order valence-corrected chi connectivity index (χ3v) is 2.79. The summed E-state index contributed by atoms with van der Waals surface area (Å²) in [6.07, 6.45) is 0. The first kappa shape index (κ1) is 12.3. The van der Waals surface area contributed by atoms with Crippen molar-refractivity contribution in [1.29, 1.82) is 0 Å². The summed E-state index contributed by atoms with van der Waals surface area (Å²) < 4.78 is 6.32. The van der Waals surface area contributed by atoms with Crippen LogP contribution in [0.4, 0.5) is 11.4 Å². The molecule has 0 spiro atoms. The zero-order chi connectivity index (χ0) is 11.3. The minimum Gasteiger partial charge on any atom is -0.399 e. The first-order valence-electron chi connectivity index (χ1n) is 4.99. The van der Waals surface area contributed by atoms with E-state index < -0.39 is 0 Å². The smallest absolute Gasteiger partial charge is 0.0641 e. The summed E-state index contributed by atoms with van der Waals surface area (Å²) in [5.74, 6) is 0. The van der Waals surface area contributed by atoms with Crippen LogP contribution in [0, 0.1) is 0 Å². The Bertz CT molecular complexity index is 317. The molecular formula is C11H17BrN2O. The number of rotatable bonds is 5. The minimum atomic E-state index is 0.740. The first-order valence-corrected chi connectivity index (χ1v) is 5.78. The van der Waals surface area contributed by atoms with Gasteiger partial charge < -0.3 is 15.4 Å². The van der Waals surface area contributed by atoms with Crippen LogP contribution in [0.1, 0.15) is 6.92 Å². The van der Waals surface area contributed by atoms with Gasteiger partial charge in [-0.25, -0.2) is 0 Å². The Morgan fingerprint density at radius 2 is 2.20 bits per heavy atom. The average Bonchev–Trinajstić information content (AvgIpc) is 2.17. The molecule has 1 aromatic carbocycles. The molecule has 84 valence electrons. The number of hydrogen-bond acceptors (Lipinski definition) is 3. The normalized spacial score (nSPS) is 10.3. The van der Waals surface area contributed by atoms with Crippen molar-refractivity contribution in [3.05, 3.63) is 22.7 Å². The van der Waals surface area contributed by atoms with Crippen LogP contribution in [0.25, 0.3) is 0 Å². The number of nitrogen functional groups attached to an aromatic ring is 1. The molecule has 4 heteroatoms. The van der Waals surface area contributed by atoms with Gasteiger partial charge in [0, 0.05) is 30.4 Å². The summed E-state index contributed by atoms with van der Waals surface area (Å²) in [6, 6.07) is 5.81. The molecule has 0 saturated heterocycles. The summed E-state index contributed by atoms with van der Waals surface area (Å²) in [5.41, 5.74) is 7.57. The monoisotopic (exact) mass is 272 g/mol. The van der Waals surface area contributed by atoms with Gasteiger partial charge in [-0.05, 0) is 41.1 Å². The minimum absolute atomic E-state index is 0.740. The van der Waals surface area contributed by atoms with Crippen molar-refractivity contribution in [3.63, 3.8) is 0 Å². The van der Waals surface area contributed by atoms with Crippen LogP contribution in [0.5, 0.6) is 0 Å². The van der Waals surface area contributed by atoms with Gasteiger partial charge >= 0.3 is 0 Å². The van der Waals surface area contributed by atoms with E-state index in [2.05, 4.69) is 20.8 Å². The lowest BCUT2D eigenvalue weighted by Gasteiger charge is -2.20. The predicted octanol–water partition coefficient (Wildman–Crippen LogP) is 2.50. The van der Waals surface area contributed by atoms with Crippen LogP contribution in [-0.4, -0.2) is 26.8 Å². The Morgan fingerprint density at radius 1 is 1.47 bits per heavy atom. The van der Waals surface area contributed by atoms with Gasteiger partial charge in [-0.2, -0.15) is 0 Å². The van der Waals surface area contributed by atoms with Crippen LogP contribution in [0.3, 0.4) is 0 Å². The van der Waals surface area contributed by atoms with Crippen LogP contribution >= 0.6 is 15.9 Å². The molecule has 1 rings (SSSR count). The highest BCUT2D eigenvalue weighted by Gasteiger charge is 2.05. The number of anilines is 2. The van der Waals surface area contributed by atoms with Crippen molar-refractivity contribution in [2.24, 2.45) is 0 Å². The van der Waals surface area contributed by atoms with Crippen LogP contribution in [0.15, 0.2) is 22.7 Å². The Hall–Kier alpha value is -0.740. The second-order valence-electron chi connectivity index (χ2n) is 3.33. The van der Waals surface area contributed by atoms with E-state index in [-0.39, 0.29) is 0 Å². The molecule has 0 amide bonds. The van der Waals surface area contributed by atoms with Gasteiger partial charge in [0.15, 0.2) is 0 Å². The fourth-order valence-corrected chi connectivity index (χ4v) is 2.00. The number of halogens is 1. The Kier molecular flexibility index (Phi) is 4.91. The molecule has 0 aromatic heterocycles. The van der Waals surface area contributed by atoms with E-state index in [1.165, 1.54) is 0 Å². The number of nitrogens with two attached hydrogens (primary N) is 1. The van der Waals surface area contributed by atoms with E-state index in [4.69, 9.17) is 10.5 Å². The molecule has 3 nitrogen and oxygen atoms in total. The number of ether oxygens (including phenoxy) is 1. The van der Waals surface area contributed by atoms with Crippen molar-refractivity contribution >= 4 is 27.3 Å². The van der Waals surface area contributed by atoms with Gasteiger partial charge in [0.05, 0.1) is 12.3 Å². The highest BCUT2D eigenvalue weighted by molar-refractivity contribution is 9.10. The van der Waals surface area contributed by atoms with Gasteiger partial charge in [0.2, 0.25) is 0 Å². The average molecular weight is 273 g/mol. The summed E-state index contributed by atoms with van der Waals surface area (Å²) in [6.45, 7) is 4.37. The zero-order valence-corrected chi connectivity index (χ0v) is 10.8. The number of benzene rings is 1. The Labute approximate surface area is 99.3 Å². The Balaban J connectivity index is 2.61. The van der Waals surface area contributed by atoms with Gasteiger partial charge in [0.1, 0.15) is 0 Å². The summed E-state index contributed by atoms with van der Waals surface area (Å²) >= 11 is 3.49. The first-order chi connectivity index (χ1) is 7.15. The highest BCUT2D eigenvalue weighted by Crippen LogP contribution is 2.27. The van der Waals surface area contributed by atoms with Gasteiger partial charge in [-0.1, -0.05) is 0 Å². The second kappa shape index (κ2) is 5.98. The van der Waals surface area contributed by atoms with Crippen molar-refractivity contribution in [1.82, 2.24) is 0 Å². The molecular weight excluding hydrogens is 256 g/mol. The fourth-order valence-electron chi connectivity index (χ4n) is 1.30. The Morgan fingerprint density at radius 3 is 2.80 bits per heavy atom. The van der Waals surface area contributed by atoms with E-state index >= 15 is 0 Å². The van der Waals surface area contributed by atoms with Gasteiger partial charge in [-0.3, -0.25) is 0 Å². The van der Waals surface area contributed by atoms with E-state index in [9.17, 15) is 0 Å². The highest BCUT2D eigenvalue weighted by atomic mass is 79.9. The lowest BCUT2D eigenvalue weighted by Crippen LogP contribution is -2.22. The lowest BCUT2D eigenvalue weighted by molar-refractivity contribution is 0.154. The fraction of sp³-hybridized carbons (Fsp3) is 0.455. The van der Waals surface area contributed by atoms with Gasteiger partial charge in [-0.15, -0.1) is 0 Å². The largest absolute Gasteiger partial charge is 0.399 e. The number of nitrogens with zero attached hydrogens (tertiary/aromatic N) is 1. The molecule has 0 saturated carbocycles. The van der Waals surface area contributed by atoms with E-state index in [0.29, 0.717) is 0 Å². The summed E-state index contributed by atoms with van der Waals surface area (Å²) in [7, 11) is 2.04. The van der Waals surface area contributed by atoms with E-state index in [1.54, 1.807) is 0 Å². The van der Waals surface area contributed by atoms with Crippen molar-refractivity contribution in [3.8, 4) is 0 Å². The van der Waals surface area contributed by atoms with Crippen molar-refractivity contribution in [2.45, 2.75) is 6.92 Å².